The van der Waals surface area contributed by atoms with Crippen LogP contribution in [0.3, 0.4) is 0 Å². The van der Waals surface area contributed by atoms with E-state index in [1.165, 1.54) is 0 Å². The molecule has 3 aromatic carbocycles. The van der Waals surface area contributed by atoms with E-state index in [4.69, 9.17) is 4.74 Å². The number of hydrogen-bond donors (Lipinski definition) is 1. The Bertz CT molecular complexity index is 837. The summed E-state index contributed by atoms with van der Waals surface area (Å²) in [7, 11) is 0. The summed E-state index contributed by atoms with van der Waals surface area (Å²) in [6, 6.07) is 27.8. The number of nitrogens with one attached hydrogen (secondary N) is 1. The molecule has 0 spiro atoms. The fourth-order valence-corrected chi connectivity index (χ4v) is 3.53. The molecule has 0 saturated heterocycles. The molecule has 1 N–H and O–H groups in total. The van der Waals surface area contributed by atoms with E-state index in [-0.39, 0.29) is 17.9 Å². The van der Waals surface area contributed by atoms with Gasteiger partial charge in [-0.15, -0.1) is 0 Å². The summed E-state index contributed by atoms with van der Waals surface area (Å²) >= 11 is 0. The monoisotopic (exact) mass is 343 g/mol. The fourth-order valence-electron chi connectivity index (χ4n) is 3.53. The molecule has 0 aliphatic carbocycles. The fraction of sp³-hybridized carbons (Fsp3) is 0.174. The maximum atomic E-state index is 13.3. The number of rotatable bonds is 4. The number of amides is 1. The van der Waals surface area contributed by atoms with Crippen molar-refractivity contribution in [2.45, 2.75) is 18.4 Å². The summed E-state index contributed by atoms with van der Waals surface area (Å²) < 4.78 is 5.71. The third-order valence-corrected chi connectivity index (χ3v) is 4.80. The first-order chi connectivity index (χ1) is 12.8. The molecule has 0 bridgehead atoms. The molecule has 0 fully saturated rings. The summed E-state index contributed by atoms with van der Waals surface area (Å²) in [5.41, 5.74) is 3.04. The zero-order valence-corrected chi connectivity index (χ0v) is 14.5. The maximum absolute atomic E-state index is 13.3. The average Bonchev–Trinajstić information content (AvgIpc) is 2.70. The molecule has 1 unspecified atom stereocenters. The Morgan fingerprint density at radius 2 is 1.42 bits per heavy atom. The lowest BCUT2D eigenvalue weighted by Gasteiger charge is -2.28. The number of carbonyl (C=O) groups excluding carboxylic acids is 1. The van der Waals surface area contributed by atoms with Crippen molar-refractivity contribution in [2.75, 3.05) is 6.61 Å². The van der Waals surface area contributed by atoms with E-state index in [0.29, 0.717) is 6.61 Å². The Labute approximate surface area is 153 Å². The minimum Gasteiger partial charge on any atom is -0.493 e. The number of para-hydroxylation sites is 1. The minimum atomic E-state index is -0.326. The van der Waals surface area contributed by atoms with Crippen molar-refractivity contribution in [2.24, 2.45) is 0 Å². The number of ether oxygens (including phenoxy) is 1. The van der Waals surface area contributed by atoms with Crippen molar-refractivity contribution in [3.8, 4) is 5.75 Å². The largest absolute Gasteiger partial charge is 0.493 e. The standard InChI is InChI=1S/C23H21NO2/c25-23(24-20-15-16-26-21-14-8-7-13-19(20)21)22(17-9-3-1-4-10-17)18-11-5-2-6-12-18/h1-14,20,22H,15-16H2,(H,24,25). The van der Waals surface area contributed by atoms with E-state index in [0.717, 1.165) is 28.9 Å². The second-order valence-electron chi connectivity index (χ2n) is 6.49. The lowest BCUT2D eigenvalue weighted by atomic mass is 9.89. The predicted octanol–water partition coefficient (Wildman–Crippen LogP) is 4.46. The molecular formula is C23H21NO2. The SMILES string of the molecule is O=C(NC1CCOc2ccccc21)C(c1ccccc1)c1ccccc1. The molecule has 1 heterocycles. The summed E-state index contributed by atoms with van der Waals surface area (Å²) in [6.07, 6.45) is 0.777. The number of carbonyl (C=O) groups is 1. The molecule has 3 nitrogen and oxygen atoms in total. The molecule has 1 aliphatic rings. The van der Waals surface area contributed by atoms with E-state index >= 15 is 0 Å². The highest BCUT2D eigenvalue weighted by atomic mass is 16.5. The molecule has 26 heavy (non-hydrogen) atoms. The summed E-state index contributed by atoms with van der Waals surface area (Å²) in [4.78, 5) is 13.3. The van der Waals surface area contributed by atoms with Crippen LogP contribution in [0.2, 0.25) is 0 Å². The maximum Gasteiger partial charge on any atom is 0.232 e. The van der Waals surface area contributed by atoms with Crippen molar-refractivity contribution < 1.29 is 9.53 Å². The van der Waals surface area contributed by atoms with Crippen LogP contribution in [0, 0.1) is 0 Å². The van der Waals surface area contributed by atoms with E-state index in [1.807, 2.05) is 84.9 Å². The van der Waals surface area contributed by atoms with E-state index in [9.17, 15) is 4.79 Å². The highest BCUT2D eigenvalue weighted by Gasteiger charge is 2.28. The molecule has 3 heteroatoms. The van der Waals surface area contributed by atoms with Gasteiger partial charge in [-0.05, 0) is 17.2 Å². The van der Waals surface area contributed by atoms with Gasteiger partial charge in [0.2, 0.25) is 5.91 Å². The van der Waals surface area contributed by atoms with Crippen LogP contribution < -0.4 is 10.1 Å². The Morgan fingerprint density at radius 1 is 0.846 bits per heavy atom. The van der Waals surface area contributed by atoms with Gasteiger partial charge in [-0.3, -0.25) is 4.79 Å². The van der Waals surface area contributed by atoms with Crippen LogP contribution in [0.25, 0.3) is 0 Å². The van der Waals surface area contributed by atoms with Crippen LogP contribution in [0.4, 0.5) is 0 Å². The molecule has 0 saturated carbocycles. The van der Waals surface area contributed by atoms with Crippen LogP contribution in [0.15, 0.2) is 84.9 Å². The van der Waals surface area contributed by atoms with Gasteiger partial charge in [0.1, 0.15) is 5.75 Å². The highest BCUT2D eigenvalue weighted by Crippen LogP contribution is 2.33. The van der Waals surface area contributed by atoms with Gasteiger partial charge >= 0.3 is 0 Å². The zero-order chi connectivity index (χ0) is 17.8. The zero-order valence-electron chi connectivity index (χ0n) is 14.5. The molecule has 1 aliphatic heterocycles. The first-order valence-corrected chi connectivity index (χ1v) is 8.95. The Balaban J connectivity index is 1.64. The normalized spacial score (nSPS) is 15.8. The van der Waals surface area contributed by atoms with Crippen molar-refractivity contribution in [3.05, 3.63) is 102 Å². The second-order valence-corrected chi connectivity index (χ2v) is 6.49. The van der Waals surface area contributed by atoms with E-state index in [2.05, 4.69) is 5.32 Å². The first-order valence-electron chi connectivity index (χ1n) is 8.95. The molecular weight excluding hydrogens is 322 g/mol. The molecule has 130 valence electrons. The van der Waals surface area contributed by atoms with Gasteiger partial charge in [0, 0.05) is 12.0 Å². The van der Waals surface area contributed by atoms with E-state index in [1.54, 1.807) is 0 Å². The van der Waals surface area contributed by atoms with Crippen molar-refractivity contribution in [1.82, 2.24) is 5.32 Å². The van der Waals surface area contributed by atoms with Crippen LogP contribution in [0.1, 0.15) is 35.1 Å². The first kappa shape index (κ1) is 16.4. The summed E-state index contributed by atoms with van der Waals surface area (Å²) in [6.45, 7) is 0.614. The quantitative estimate of drug-likeness (QED) is 0.759. The van der Waals surface area contributed by atoms with Gasteiger partial charge in [-0.1, -0.05) is 78.9 Å². The molecule has 3 aromatic rings. The molecule has 0 radical (unpaired) electrons. The molecule has 4 rings (SSSR count). The highest BCUT2D eigenvalue weighted by molar-refractivity contribution is 5.87. The van der Waals surface area contributed by atoms with Crippen LogP contribution in [-0.4, -0.2) is 12.5 Å². The lowest BCUT2D eigenvalue weighted by Crippen LogP contribution is -2.35. The van der Waals surface area contributed by atoms with Gasteiger partial charge in [0.15, 0.2) is 0 Å². The van der Waals surface area contributed by atoms with Gasteiger partial charge in [-0.2, -0.15) is 0 Å². The van der Waals surface area contributed by atoms with Crippen molar-refractivity contribution in [1.29, 1.82) is 0 Å². The van der Waals surface area contributed by atoms with Gasteiger partial charge < -0.3 is 10.1 Å². The van der Waals surface area contributed by atoms with Crippen molar-refractivity contribution >= 4 is 5.91 Å². The topological polar surface area (TPSA) is 38.3 Å². The third kappa shape index (κ3) is 3.33. The Hall–Kier alpha value is -3.07. The predicted molar refractivity (Wildman–Crippen MR) is 102 cm³/mol. The number of fused-ring (bicyclic) bond motifs is 1. The molecule has 1 atom stereocenters. The summed E-state index contributed by atoms with van der Waals surface area (Å²) in [5.74, 6) is 0.552. The minimum absolute atomic E-state index is 0.0177. The number of hydrogen-bond acceptors (Lipinski definition) is 2. The summed E-state index contributed by atoms with van der Waals surface area (Å²) in [5, 5.41) is 3.25. The van der Waals surface area contributed by atoms with E-state index < -0.39 is 0 Å². The Morgan fingerprint density at radius 3 is 2.08 bits per heavy atom. The van der Waals surface area contributed by atoms with Crippen LogP contribution in [-0.2, 0) is 4.79 Å². The number of benzene rings is 3. The van der Waals surface area contributed by atoms with Crippen LogP contribution >= 0.6 is 0 Å². The molecule has 0 aromatic heterocycles. The Kier molecular flexibility index (Phi) is 4.69. The smallest absolute Gasteiger partial charge is 0.232 e. The third-order valence-electron chi connectivity index (χ3n) is 4.80. The van der Waals surface area contributed by atoms with Crippen LogP contribution in [0.5, 0.6) is 5.75 Å². The van der Waals surface area contributed by atoms with Gasteiger partial charge in [-0.25, -0.2) is 0 Å². The average molecular weight is 343 g/mol. The molecule has 1 amide bonds. The second kappa shape index (κ2) is 7.44. The van der Waals surface area contributed by atoms with Crippen molar-refractivity contribution in [3.63, 3.8) is 0 Å². The van der Waals surface area contributed by atoms with Gasteiger partial charge in [0.05, 0.1) is 18.6 Å². The lowest BCUT2D eigenvalue weighted by molar-refractivity contribution is -0.122. The van der Waals surface area contributed by atoms with Gasteiger partial charge in [0.25, 0.3) is 0 Å².